The van der Waals surface area contributed by atoms with E-state index in [1.807, 2.05) is 36.4 Å². The van der Waals surface area contributed by atoms with Crippen LogP contribution in [-0.2, 0) is 16.8 Å². The van der Waals surface area contributed by atoms with Gasteiger partial charge in [0.2, 0.25) is 12.2 Å². The van der Waals surface area contributed by atoms with E-state index >= 15 is 0 Å². The fraction of sp³-hybridized carbons (Fsp3) is 0.267. The second-order valence-corrected chi connectivity index (χ2v) is 9.51. The summed E-state index contributed by atoms with van der Waals surface area (Å²) in [6.07, 6.45) is 7.36. The van der Waals surface area contributed by atoms with Gasteiger partial charge in [0, 0.05) is 6.92 Å². The van der Waals surface area contributed by atoms with Crippen molar-refractivity contribution in [3.8, 4) is 0 Å². The number of rotatable bonds is 7. The maximum atomic E-state index is 13.3. The van der Waals surface area contributed by atoms with Gasteiger partial charge in [0.05, 0.1) is 0 Å². The molecule has 1 fully saturated rings. The summed E-state index contributed by atoms with van der Waals surface area (Å²) >= 11 is 0. The molecule has 0 unspecified atom stereocenters. The van der Waals surface area contributed by atoms with Crippen molar-refractivity contribution >= 4 is 5.91 Å². The van der Waals surface area contributed by atoms with Gasteiger partial charge in [0.15, 0.2) is 0 Å². The minimum absolute atomic E-state index is 0. The van der Waals surface area contributed by atoms with E-state index in [0.717, 1.165) is 36.9 Å². The van der Waals surface area contributed by atoms with Gasteiger partial charge in [-0.2, -0.15) is 0 Å². The molecule has 0 spiro atoms. The van der Waals surface area contributed by atoms with Crippen LogP contribution < -0.4 is 27.3 Å². The highest BCUT2D eigenvalue weighted by atomic mass is 79.9. The van der Waals surface area contributed by atoms with Gasteiger partial charge in [0.1, 0.15) is 29.9 Å². The fourth-order valence-corrected chi connectivity index (χ4v) is 5.87. The number of nitrogens with two attached hydrogens (primary N) is 1. The summed E-state index contributed by atoms with van der Waals surface area (Å²) in [5.41, 5.74) is 9.93. The predicted molar refractivity (Wildman–Crippen MR) is 134 cm³/mol. The van der Waals surface area contributed by atoms with Crippen LogP contribution in [0.5, 0.6) is 0 Å². The molecule has 0 aliphatic heterocycles. The molecule has 3 aromatic carbocycles. The molecule has 4 aromatic rings. The third-order valence-electron chi connectivity index (χ3n) is 7.54. The van der Waals surface area contributed by atoms with Crippen LogP contribution in [0.25, 0.3) is 0 Å². The molecule has 1 aliphatic carbocycles. The van der Waals surface area contributed by atoms with Crippen molar-refractivity contribution < 1.29 is 26.3 Å². The number of amides is 1. The average molecular weight is 531 g/mol. The molecule has 4 nitrogen and oxygen atoms in total. The summed E-state index contributed by atoms with van der Waals surface area (Å²) in [5, 5.41) is 0. The average Bonchev–Trinajstić information content (AvgIpc) is 3.49. The summed E-state index contributed by atoms with van der Waals surface area (Å²) in [4.78, 5) is 13.3. The highest BCUT2D eigenvalue weighted by Gasteiger charge is 2.50. The number of imidazole rings is 1. The summed E-state index contributed by atoms with van der Waals surface area (Å²) in [7, 11) is 0. The Kier molecular flexibility index (Phi) is 7.56. The van der Waals surface area contributed by atoms with Gasteiger partial charge in [-0.25, -0.2) is 9.13 Å². The molecule has 1 amide bonds. The van der Waals surface area contributed by atoms with Gasteiger partial charge < -0.3 is 22.7 Å². The quantitative estimate of drug-likeness (QED) is 0.365. The number of carbonyl (C=O) groups is 1. The van der Waals surface area contributed by atoms with Gasteiger partial charge in [-0.3, -0.25) is 4.79 Å². The second kappa shape index (κ2) is 10.6. The lowest BCUT2D eigenvalue weighted by molar-refractivity contribution is -0.693. The van der Waals surface area contributed by atoms with Crippen molar-refractivity contribution in [2.24, 2.45) is 11.7 Å². The number of halogens is 1. The number of hydrogen-bond donors (Lipinski definition) is 1. The first-order valence-corrected chi connectivity index (χ1v) is 12.1. The molecule has 5 rings (SSSR count). The molecular formula is C30H32BrN3O. The molecule has 35 heavy (non-hydrogen) atoms. The highest BCUT2D eigenvalue weighted by molar-refractivity contribution is 5.91. The van der Waals surface area contributed by atoms with Crippen molar-refractivity contribution in [2.75, 3.05) is 0 Å². The molecule has 2 N–H and O–H groups in total. The molecule has 1 aromatic heterocycles. The minimum atomic E-state index is -0.834. The van der Waals surface area contributed by atoms with Crippen LogP contribution >= 0.6 is 0 Å². The van der Waals surface area contributed by atoms with Crippen molar-refractivity contribution in [3.05, 3.63) is 126 Å². The van der Waals surface area contributed by atoms with Crippen molar-refractivity contribution in [1.82, 2.24) is 4.57 Å². The predicted octanol–water partition coefficient (Wildman–Crippen LogP) is 1.95. The van der Waals surface area contributed by atoms with Gasteiger partial charge in [0.25, 0.3) is 0 Å². The van der Waals surface area contributed by atoms with Crippen LogP contribution in [0.4, 0.5) is 0 Å². The Morgan fingerprint density at radius 2 is 1.46 bits per heavy atom. The lowest BCUT2D eigenvalue weighted by Crippen LogP contribution is -3.00. The number of hydrogen-bond acceptors (Lipinski definition) is 1. The Morgan fingerprint density at radius 1 is 0.914 bits per heavy atom. The van der Waals surface area contributed by atoms with Crippen LogP contribution in [-0.4, -0.2) is 10.5 Å². The normalized spacial score (nSPS) is 17.6. The van der Waals surface area contributed by atoms with E-state index < -0.39 is 5.41 Å². The standard InChI is InChI=1S/C30H31N3O.BrH/c1-23-20-33(22-32(23)21-24-11-5-2-6-12-24)28-18-17-27(19-28)30(29(31)34,25-13-7-3-8-14-25)26-15-9-4-10-16-26;/h2-16,20,22,27-28H,17-19,21H2,1H3,(H-,31,34);1H/t27-,28-;/m0./s1. The molecule has 0 radical (unpaired) electrons. The maximum Gasteiger partial charge on any atom is 0.244 e. The molecule has 5 heteroatoms. The highest BCUT2D eigenvalue weighted by Crippen LogP contribution is 2.49. The molecule has 0 saturated heterocycles. The molecule has 180 valence electrons. The summed E-state index contributed by atoms with van der Waals surface area (Å²) in [6, 6.07) is 31.1. The van der Waals surface area contributed by atoms with E-state index in [2.05, 4.69) is 83.2 Å². The van der Waals surface area contributed by atoms with Crippen molar-refractivity contribution in [1.29, 1.82) is 0 Å². The molecule has 1 heterocycles. The first-order valence-electron chi connectivity index (χ1n) is 12.1. The van der Waals surface area contributed by atoms with E-state index in [0.29, 0.717) is 6.04 Å². The van der Waals surface area contributed by atoms with E-state index in [1.54, 1.807) is 0 Å². The van der Waals surface area contributed by atoms with Gasteiger partial charge in [-0.1, -0.05) is 91.0 Å². The van der Waals surface area contributed by atoms with Crippen LogP contribution in [0, 0.1) is 12.8 Å². The topological polar surface area (TPSA) is 51.9 Å². The smallest absolute Gasteiger partial charge is 0.244 e. The number of primary amides is 1. The number of nitrogens with zero attached hydrogens (tertiary/aromatic N) is 2. The van der Waals surface area contributed by atoms with E-state index in [4.69, 9.17) is 5.73 Å². The van der Waals surface area contributed by atoms with E-state index in [-0.39, 0.29) is 28.8 Å². The van der Waals surface area contributed by atoms with Gasteiger partial charge >= 0.3 is 0 Å². The zero-order valence-corrected chi connectivity index (χ0v) is 21.6. The summed E-state index contributed by atoms with van der Waals surface area (Å²) in [5.74, 6) is -0.136. The first kappa shape index (κ1) is 24.9. The zero-order chi connectivity index (χ0) is 23.5. The van der Waals surface area contributed by atoms with E-state index in [1.165, 1.54) is 11.3 Å². The molecule has 1 saturated carbocycles. The molecule has 2 atom stereocenters. The number of carbonyl (C=O) groups excluding carboxylic acids is 1. The second-order valence-electron chi connectivity index (χ2n) is 9.51. The number of aryl methyl sites for hydroxylation is 1. The Morgan fingerprint density at radius 3 is 2.00 bits per heavy atom. The number of benzene rings is 3. The maximum absolute atomic E-state index is 13.3. The SMILES string of the molecule is Cc1cn([C@H]2CC[C@H](C(C(N)=O)(c3ccccc3)c3ccccc3)C2)c[n+]1Cc1ccccc1.[Br-]. The Balaban J connectivity index is 0.00000289. The third kappa shape index (κ3) is 4.70. The van der Waals surface area contributed by atoms with Crippen molar-refractivity contribution in [3.63, 3.8) is 0 Å². The third-order valence-corrected chi connectivity index (χ3v) is 7.54. The number of aromatic nitrogens is 2. The lowest BCUT2D eigenvalue weighted by Gasteiger charge is -2.37. The summed E-state index contributed by atoms with van der Waals surface area (Å²) < 4.78 is 4.65. The Labute approximate surface area is 218 Å². The summed E-state index contributed by atoms with van der Waals surface area (Å²) in [6.45, 7) is 3.02. The van der Waals surface area contributed by atoms with E-state index in [9.17, 15) is 4.79 Å². The van der Waals surface area contributed by atoms with Crippen LogP contribution in [0.3, 0.4) is 0 Å². The zero-order valence-electron chi connectivity index (χ0n) is 20.1. The fourth-order valence-electron chi connectivity index (χ4n) is 5.87. The Bertz CT molecular complexity index is 1220. The first-order chi connectivity index (χ1) is 16.6. The molecule has 0 bridgehead atoms. The monoisotopic (exact) mass is 529 g/mol. The Hall–Kier alpha value is -3.18. The van der Waals surface area contributed by atoms with Crippen molar-refractivity contribution in [2.45, 2.75) is 44.2 Å². The minimum Gasteiger partial charge on any atom is -1.00 e. The lowest BCUT2D eigenvalue weighted by atomic mass is 9.64. The van der Waals surface area contributed by atoms with Crippen LogP contribution in [0.1, 0.15) is 47.7 Å². The molecular weight excluding hydrogens is 498 g/mol. The van der Waals surface area contributed by atoms with Gasteiger partial charge in [-0.15, -0.1) is 0 Å². The largest absolute Gasteiger partial charge is 1.00 e. The van der Waals surface area contributed by atoms with Crippen LogP contribution in [0.2, 0.25) is 0 Å². The molecule has 1 aliphatic rings. The van der Waals surface area contributed by atoms with Crippen LogP contribution in [0.15, 0.2) is 104 Å². The van der Waals surface area contributed by atoms with Gasteiger partial charge in [-0.05, 0) is 41.9 Å².